The third-order valence-electron chi connectivity index (χ3n) is 3.49. The van der Waals surface area contributed by atoms with Crippen LogP contribution in [0.25, 0.3) is 0 Å². The number of rotatable bonds is 7. The number of aryl methyl sites for hydroxylation is 1. The summed E-state index contributed by atoms with van der Waals surface area (Å²) in [6, 6.07) is 12.2. The largest absolute Gasteiger partial charge is 0.491 e. The number of hydrogen-bond acceptors (Lipinski definition) is 4. The second kappa shape index (κ2) is 10.1. The summed E-state index contributed by atoms with van der Waals surface area (Å²) in [5.41, 5.74) is 2.20. The Morgan fingerprint density at radius 1 is 1.15 bits per heavy atom. The molecule has 0 aliphatic rings. The minimum atomic E-state index is -0.303. The maximum atomic E-state index is 12.3. The fourth-order valence-electron chi connectivity index (χ4n) is 2.12. The zero-order valence-corrected chi connectivity index (χ0v) is 16.2. The number of carbonyl (C=O) groups excluding carboxylic acids is 1. The van der Waals surface area contributed by atoms with Gasteiger partial charge >= 0.3 is 0 Å². The minimum absolute atomic E-state index is 0.206. The molecule has 0 aliphatic heterocycles. The normalized spacial score (nSPS) is 10.3. The maximum absolute atomic E-state index is 12.3. The van der Waals surface area contributed by atoms with Gasteiger partial charge in [-0.15, -0.1) is 0 Å². The van der Waals surface area contributed by atoms with E-state index in [4.69, 9.17) is 33.3 Å². The second-order valence-electron chi connectivity index (χ2n) is 5.44. The van der Waals surface area contributed by atoms with Gasteiger partial charge in [-0.05, 0) is 68.0 Å². The number of carbonyl (C=O) groups is 1. The third kappa shape index (κ3) is 6.29. The second-order valence-corrected chi connectivity index (χ2v) is 6.28. The summed E-state index contributed by atoms with van der Waals surface area (Å²) < 4.78 is 10.7. The van der Waals surface area contributed by atoms with Crippen molar-refractivity contribution >= 4 is 40.5 Å². The van der Waals surface area contributed by atoms with Gasteiger partial charge in [-0.3, -0.25) is 10.1 Å². The number of thiocarbonyl (C=S) groups is 1. The highest BCUT2D eigenvalue weighted by molar-refractivity contribution is 7.80. The van der Waals surface area contributed by atoms with Crippen molar-refractivity contribution in [2.75, 3.05) is 25.1 Å². The van der Waals surface area contributed by atoms with Gasteiger partial charge in [0, 0.05) is 22.9 Å². The Morgan fingerprint density at radius 2 is 1.88 bits per heavy atom. The van der Waals surface area contributed by atoms with Crippen LogP contribution in [0.2, 0.25) is 5.02 Å². The van der Waals surface area contributed by atoms with E-state index in [9.17, 15) is 4.79 Å². The molecule has 0 saturated carbocycles. The van der Waals surface area contributed by atoms with E-state index in [0.717, 1.165) is 11.3 Å². The number of anilines is 1. The van der Waals surface area contributed by atoms with Crippen molar-refractivity contribution in [2.45, 2.75) is 13.8 Å². The summed E-state index contributed by atoms with van der Waals surface area (Å²) in [5.74, 6) is 0.375. The Labute approximate surface area is 163 Å². The van der Waals surface area contributed by atoms with Gasteiger partial charge in [-0.1, -0.05) is 17.7 Å². The smallest absolute Gasteiger partial charge is 0.257 e. The van der Waals surface area contributed by atoms with Crippen LogP contribution in [0, 0.1) is 6.92 Å². The van der Waals surface area contributed by atoms with Crippen LogP contribution in [0.5, 0.6) is 5.75 Å². The van der Waals surface area contributed by atoms with Crippen LogP contribution in [0.1, 0.15) is 22.8 Å². The highest BCUT2D eigenvalue weighted by atomic mass is 35.5. The van der Waals surface area contributed by atoms with Crippen LogP contribution in [-0.2, 0) is 4.74 Å². The van der Waals surface area contributed by atoms with E-state index in [2.05, 4.69) is 10.6 Å². The number of halogens is 1. The molecule has 0 saturated heterocycles. The molecule has 0 aliphatic carbocycles. The highest BCUT2D eigenvalue weighted by Crippen LogP contribution is 2.20. The van der Waals surface area contributed by atoms with Gasteiger partial charge in [0.2, 0.25) is 0 Å². The third-order valence-corrected chi connectivity index (χ3v) is 3.93. The van der Waals surface area contributed by atoms with Gasteiger partial charge in [-0.2, -0.15) is 0 Å². The summed E-state index contributed by atoms with van der Waals surface area (Å²) in [4.78, 5) is 12.3. The molecule has 2 N–H and O–H groups in total. The molecule has 5 nitrogen and oxygen atoms in total. The number of nitrogens with one attached hydrogen (secondary N) is 2. The molecule has 2 aromatic rings. The zero-order valence-electron chi connectivity index (χ0n) is 14.7. The topological polar surface area (TPSA) is 59.6 Å². The number of ether oxygens (including phenoxy) is 2. The summed E-state index contributed by atoms with van der Waals surface area (Å²) in [7, 11) is 0. The van der Waals surface area contributed by atoms with Crippen molar-refractivity contribution in [1.82, 2.24) is 5.32 Å². The van der Waals surface area contributed by atoms with E-state index >= 15 is 0 Å². The molecule has 2 aromatic carbocycles. The van der Waals surface area contributed by atoms with Gasteiger partial charge in [0.1, 0.15) is 12.4 Å². The molecule has 26 heavy (non-hydrogen) atoms. The fraction of sp³-hybridized carbons (Fsp3) is 0.263. The molecular formula is C19H21ClN2O3S. The minimum Gasteiger partial charge on any atom is -0.491 e. The SMILES string of the molecule is CCOCCOc1ccc(C(=O)NC(=S)Nc2cc(Cl)ccc2C)cc1. The average Bonchev–Trinajstić information content (AvgIpc) is 2.62. The number of hydrogen-bond donors (Lipinski definition) is 2. The molecule has 0 bridgehead atoms. The molecule has 0 fully saturated rings. The van der Waals surface area contributed by atoms with Crippen LogP contribution < -0.4 is 15.4 Å². The van der Waals surface area contributed by atoms with Gasteiger partial charge in [-0.25, -0.2) is 0 Å². The summed E-state index contributed by atoms with van der Waals surface area (Å²) >= 11 is 11.2. The molecular weight excluding hydrogens is 372 g/mol. The van der Waals surface area contributed by atoms with Crippen LogP contribution in [0.15, 0.2) is 42.5 Å². The monoisotopic (exact) mass is 392 g/mol. The Bertz CT molecular complexity index is 766. The lowest BCUT2D eigenvalue weighted by atomic mass is 10.2. The maximum Gasteiger partial charge on any atom is 0.257 e. The van der Waals surface area contributed by atoms with Crippen molar-refractivity contribution in [1.29, 1.82) is 0 Å². The molecule has 2 rings (SSSR count). The first-order valence-corrected chi connectivity index (χ1v) is 8.97. The predicted molar refractivity (Wildman–Crippen MR) is 108 cm³/mol. The summed E-state index contributed by atoms with van der Waals surface area (Å²) in [5, 5.41) is 6.42. The fourth-order valence-corrected chi connectivity index (χ4v) is 2.50. The van der Waals surface area contributed by atoms with Gasteiger partial charge in [0.05, 0.1) is 6.61 Å². The van der Waals surface area contributed by atoms with Crippen molar-refractivity contribution in [3.8, 4) is 5.75 Å². The summed E-state index contributed by atoms with van der Waals surface area (Å²) in [6.45, 7) is 5.51. The lowest BCUT2D eigenvalue weighted by Crippen LogP contribution is -2.34. The lowest BCUT2D eigenvalue weighted by molar-refractivity contribution is 0.0977. The quantitative estimate of drug-likeness (QED) is 0.546. The van der Waals surface area contributed by atoms with Crippen LogP contribution in [0.4, 0.5) is 5.69 Å². The van der Waals surface area contributed by atoms with Crippen molar-refractivity contribution < 1.29 is 14.3 Å². The molecule has 0 aromatic heterocycles. The summed E-state index contributed by atoms with van der Waals surface area (Å²) in [6.07, 6.45) is 0. The molecule has 0 spiro atoms. The Hall–Kier alpha value is -2.15. The van der Waals surface area contributed by atoms with Crippen LogP contribution in [0.3, 0.4) is 0 Å². The van der Waals surface area contributed by atoms with Crippen LogP contribution >= 0.6 is 23.8 Å². The predicted octanol–water partition coefficient (Wildman–Crippen LogP) is 4.19. The average molecular weight is 393 g/mol. The van der Waals surface area contributed by atoms with E-state index in [1.807, 2.05) is 19.9 Å². The van der Waals surface area contributed by atoms with E-state index < -0.39 is 0 Å². The molecule has 1 amide bonds. The number of benzene rings is 2. The van der Waals surface area contributed by atoms with Crippen LogP contribution in [-0.4, -0.2) is 30.8 Å². The molecule has 0 unspecified atom stereocenters. The highest BCUT2D eigenvalue weighted by Gasteiger charge is 2.09. The van der Waals surface area contributed by atoms with E-state index in [1.165, 1.54) is 0 Å². The Morgan fingerprint density at radius 3 is 2.58 bits per heavy atom. The van der Waals surface area contributed by atoms with Gasteiger partial charge in [0.25, 0.3) is 5.91 Å². The molecule has 138 valence electrons. The van der Waals surface area contributed by atoms with Crippen molar-refractivity contribution in [3.05, 3.63) is 58.6 Å². The molecule has 0 radical (unpaired) electrons. The first-order chi connectivity index (χ1) is 12.5. The van der Waals surface area contributed by atoms with E-state index in [1.54, 1.807) is 36.4 Å². The number of amides is 1. The molecule has 0 heterocycles. The standard InChI is InChI=1S/C19H21ClN2O3S/c1-3-24-10-11-25-16-8-5-14(6-9-16)18(23)22-19(26)21-17-12-15(20)7-4-13(17)2/h4-9,12H,3,10-11H2,1-2H3,(H2,21,22,23,26). The van der Waals surface area contributed by atoms with Crippen molar-refractivity contribution in [2.24, 2.45) is 0 Å². The van der Waals surface area contributed by atoms with E-state index in [-0.39, 0.29) is 11.0 Å². The van der Waals surface area contributed by atoms with Gasteiger partial charge in [0.15, 0.2) is 5.11 Å². The Kier molecular flexibility index (Phi) is 7.84. The first-order valence-electron chi connectivity index (χ1n) is 8.18. The first kappa shape index (κ1) is 20.2. The van der Waals surface area contributed by atoms with E-state index in [0.29, 0.717) is 36.2 Å². The Balaban J connectivity index is 1.88. The van der Waals surface area contributed by atoms with Crippen molar-refractivity contribution in [3.63, 3.8) is 0 Å². The molecule has 0 atom stereocenters. The zero-order chi connectivity index (χ0) is 18.9. The lowest BCUT2D eigenvalue weighted by Gasteiger charge is -2.12. The molecule has 7 heteroatoms. The van der Waals surface area contributed by atoms with Gasteiger partial charge < -0.3 is 14.8 Å².